The van der Waals surface area contributed by atoms with E-state index in [4.69, 9.17) is 11.6 Å². The molecule has 0 radical (unpaired) electrons. The van der Waals surface area contributed by atoms with E-state index in [1.54, 1.807) is 6.20 Å². The maximum atomic E-state index is 5.97. The van der Waals surface area contributed by atoms with Gasteiger partial charge in [-0.3, -0.25) is 0 Å². The van der Waals surface area contributed by atoms with E-state index < -0.39 is 0 Å². The van der Waals surface area contributed by atoms with Crippen LogP contribution in [-0.2, 0) is 6.54 Å². The van der Waals surface area contributed by atoms with Crippen molar-refractivity contribution in [1.29, 1.82) is 0 Å². The minimum Gasteiger partial charge on any atom is -0.313 e. The molecular formula is C13H11ClN4. The first-order valence-corrected chi connectivity index (χ1v) is 6.00. The van der Waals surface area contributed by atoms with Gasteiger partial charge in [-0.15, -0.1) is 0 Å². The number of nitrogens with zero attached hydrogens (tertiary/aromatic N) is 3. The molecule has 0 saturated heterocycles. The van der Waals surface area contributed by atoms with Gasteiger partial charge in [0.15, 0.2) is 5.65 Å². The van der Waals surface area contributed by atoms with Crippen molar-refractivity contribution >= 4 is 33.5 Å². The molecule has 2 heterocycles. The van der Waals surface area contributed by atoms with Crippen molar-refractivity contribution in [3.8, 4) is 0 Å². The molecule has 0 amide bonds. The summed E-state index contributed by atoms with van der Waals surface area (Å²) in [6.45, 7) is 0.630. The van der Waals surface area contributed by atoms with Crippen LogP contribution in [0.4, 0.5) is 0 Å². The molecule has 1 N–H and O–H groups in total. The van der Waals surface area contributed by atoms with Gasteiger partial charge in [-0.25, -0.2) is 15.0 Å². The van der Waals surface area contributed by atoms with E-state index >= 15 is 0 Å². The van der Waals surface area contributed by atoms with Crippen molar-refractivity contribution in [1.82, 2.24) is 20.3 Å². The highest BCUT2D eigenvalue weighted by molar-refractivity contribution is 6.31. The van der Waals surface area contributed by atoms with Crippen LogP contribution in [0.15, 0.2) is 30.5 Å². The Bertz CT molecular complexity index is 727. The molecule has 0 fully saturated rings. The Morgan fingerprint density at radius 2 is 2.06 bits per heavy atom. The van der Waals surface area contributed by atoms with E-state index in [0.29, 0.717) is 17.2 Å². The first kappa shape index (κ1) is 11.3. The lowest BCUT2D eigenvalue weighted by Crippen LogP contribution is -2.09. The van der Waals surface area contributed by atoms with Crippen molar-refractivity contribution < 1.29 is 0 Å². The monoisotopic (exact) mass is 258 g/mol. The molecule has 4 nitrogen and oxygen atoms in total. The van der Waals surface area contributed by atoms with E-state index in [1.165, 1.54) is 0 Å². The molecule has 0 aliphatic carbocycles. The summed E-state index contributed by atoms with van der Waals surface area (Å²) in [6.07, 6.45) is 1.80. The van der Waals surface area contributed by atoms with Gasteiger partial charge in [-0.1, -0.05) is 17.7 Å². The lowest BCUT2D eigenvalue weighted by Gasteiger charge is -2.03. The topological polar surface area (TPSA) is 50.7 Å². The minimum absolute atomic E-state index is 0.630. The molecule has 0 saturated carbocycles. The number of nitrogens with one attached hydrogen (secondary N) is 1. The molecule has 1 aromatic carbocycles. The molecule has 3 rings (SSSR count). The summed E-state index contributed by atoms with van der Waals surface area (Å²) in [6, 6.07) is 7.67. The van der Waals surface area contributed by atoms with E-state index in [0.717, 1.165) is 22.1 Å². The van der Waals surface area contributed by atoms with Crippen LogP contribution in [0.25, 0.3) is 21.9 Å². The molecular weight excluding hydrogens is 248 g/mol. The Morgan fingerprint density at radius 1 is 1.17 bits per heavy atom. The number of benzene rings is 1. The van der Waals surface area contributed by atoms with E-state index in [1.807, 2.05) is 31.3 Å². The van der Waals surface area contributed by atoms with Crippen molar-refractivity contribution in [2.24, 2.45) is 0 Å². The predicted octanol–water partition coefficient (Wildman–Crippen LogP) is 2.55. The van der Waals surface area contributed by atoms with E-state index in [-0.39, 0.29) is 0 Å². The molecule has 0 spiro atoms. The Hall–Kier alpha value is -1.78. The van der Waals surface area contributed by atoms with E-state index in [2.05, 4.69) is 20.3 Å². The number of aromatic nitrogens is 3. The minimum atomic E-state index is 0.630. The van der Waals surface area contributed by atoms with Gasteiger partial charge in [0.2, 0.25) is 0 Å². The number of fused-ring (bicyclic) bond motifs is 2. The van der Waals surface area contributed by atoms with Crippen LogP contribution in [0.2, 0.25) is 5.02 Å². The number of hydrogen-bond donors (Lipinski definition) is 1. The van der Waals surface area contributed by atoms with Crippen LogP contribution in [-0.4, -0.2) is 22.0 Å². The van der Waals surface area contributed by atoms with Gasteiger partial charge in [0.05, 0.1) is 12.1 Å². The highest BCUT2D eigenvalue weighted by atomic mass is 35.5. The van der Waals surface area contributed by atoms with Crippen LogP contribution < -0.4 is 5.32 Å². The summed E-state index contributed by atoms with van der Waals surface area (Å²) in [5, 5.41) is 5.67. The molecule has 0 aliphatic heterocycles. The van der Waals surface area contributed by atoms with Crippen LogP contribution in [0.3, 0.4) is 0 Å². The van der Waals surface area contributed by atoms with Crippen molar-refractivity contribution in [2.75, 3.05) is 7.05 Å². The Kier molecular flexibility index (Phi) is 2.81. The lowest BCUT2D eigenvalue weighted by atomic mass is 10.2. The Labute approximate surface area is 109 Å². The fourth-order valence-corrected chi connectivity index (χ4v) is 2.04. The van der Waals surface area contributed by atoms with Gasteiger partial charge < -0.3 is 5.32 Å². The smallest absolute Gasteiger partial charge is 0.163 e. The largest absolute Gasteiger partial charge is 0.313 e. The average molecular weight is 259 g/mol. The zero-order valence-electron chi connectivity index (χ0n) is 9.81. The number of halogens is 1. The zero-order valence-corrected chi connectivity index (χ0v) is 10.6. The van der Waals surface area contributed by atoms with Crippen molar-refractivity contribution in [3.63, 3.8) is 0 Å². The van der Waals surface area contributed by atoms with Crippen molar-refractivity contribution in [3.05, 3.63) is 41.3 Å². The maximum absolute atomic E-state index is 5.97. The lowest BCUT2D eigenvalue weighted by molar-refractivity contribution is 0.763. The summed E-state index contributed by atoms with van der Waals surface area (Å²) in [5.74, 6) is 0.735. The zero-order chi connectivity index (χ0) is 12.5. The molecule has 2 aromatic heterocycles. The van der Waals surface area contributed by atoms with E-state index in [9.17, 15) is 0 Å². The fourth-order valence-electron chi connectivity index (χ4n) is 1.87. The van der Waals surface area contributed by atoms with Gasteiger partial charge in [0.25, 0.3) is 0 Å². The van der Waals surface area contributed by atoms with Gasteiger partial charge in [-0.2, -0.15) is 0 Å². The second kappa shape index (κ2) is 4.48. The SMILES string of the molecule is CNCc1ncc2cc3ccc(Cl)cc3nc2n1. The van der Waals surface area contributed by atoms with Gasteiger partial charge >= 0.3 is 0 Å². The quantitative estimate of drug-likeness (QED) is 0.718. The van der Waals surface area contributed by atoms with Crippen molar-refractivity contribution in [2.45, 2.75) is 6.54 Å². The van der Waals surface area contributed by atoms with Crippen LogP contribution in [0.5, 0.6) is 0 Å². The second-order valence-electron chi connectivity index (χ2n) is 4.05. The number of pyridine rings is 1. The predicted molar refractivity (Wildman–Crippen MR) is 72.6 cm³/mol. The standard InChI is InChI=1S/C13H11ClN4/c1-15-7-12-16-6-9-4-8-2-3-10(14)5-11(8)17-13(9)18-12/h2-6,15H,7H2,1H3. The highest BCUT2D eigenvalue weighted by Crippen LogP contribution is 2.21. The Balaban J connectivity index is 2.25. The third kappa shape index (κ3) is 2.00. The molecule has 18 heavy (non-hydrogen) atoms. The van der Waals surface area contributed by atoms with Crippen LogP contribution in [0.1, 0.15) is 5.82 Å². The third-order valence-electron chi connectivity index (χ3n) is 2.71. The normalized spacial score (nSPS) is 11.2. The summed E-state index contributed by atoms with van der Waals surface area (Å²) >= 11 is 5.97. The number of rotatable bonds is 2. The summed E-state index contributed by atoms with van der Waals surface area (Å²) in [4.78, 5) is 13.2. The first-order valence-electron chi connectivity index (χ1n) is 5.63. The molecule has 90 valence electrons. The molecule has 0 bridgehead atoms. The van der Waals surface area contributed by atoms with Gasteiger partial charge in [0.1, 0.15) is 5.82 Å². The number of hydrogen-bond acceptors (Lipinski definition) is 4. The molecule has 3 aromatic rings. The van der Waals surface area contributed by atoms with Crippen LogP contribution >= 0.6 is 11.6 Å². The molecule has 0 unspecified atom stereocenters. The van der Waals surface area contributed by atoms with Gasteiger partial charge in [0, 0.05) is 22.0 Å². The summed E-state index contributed by atoms with van der Waals surface area (Å²) in [7, 11) is 1.86. The fraction of sp³-hybridized carbons (Fsp3) is 0.154. The van der Waals surface area contributed by atoms with Gasteiger partial charge in [-0.05, 0) is 25.2 Å². The summed E-state index contributed by atoms with van der Waals surface area (Å²) < 4.78 is 0. The first-order chi connectivity index (χ1) is 8.76. The summed E-state index contributed by atoms with van der Waals surface area (Å²) in [5.41, 5.74) is 1.55. The molecule has 0 aliphatic rings. The third-order valence-corrected chi connectivity index (χ3v) is 2.95. The molecule has 0 atom stereocenters. The molecule has 5 heteroatoms. The Morgan fingerprint density at radius 3 is 2.89 bits per heavy atom. The maximum Gasteiger partial charge on any atom is 0.163 e. The second-order valence-corrected chi connectivity index (χ2v) is 4.49. The highest BCUT2D eigenvalue weighted by Gasteiger charge is 2.04. The van der Waals surface area contributed by atoms with Crippen LogP contribution in [0, 0.1) is 0 Å². The average Bonchev–Trinajstić information content (AvgIpc) is 2.36.